The molecule has 1 aromatic heterocycles. The summed E-state index contributed by atoms with van der Waals surface area (Å²) in [6.07, 6.45) is 5.98. The Morgan fingerprint density at radius 1 is 1.05 bits per heavy atom. The van der Waals surface area contributed by atoms with Crippen molar-refractivity contribution >= 4 is 11.3 Å². The van der Waals surface area contributed by atoms with Gasteiger partial charge in [-0.1, -0.05) is 37.3 Å². The third kappa shape index (κ3) is 3.56. The summed E-state index contributed by atoms with van der Waals surface area (Å²) in [5, 5.41) is 10.9. The molecule has 1 aromatic carbocycles. The Morgan fingerprint density at radius 3 is 2.33 bits per heavy atom. The Bertz CT molecular complexity index is 564. The largest absolute Gasteiger partial charge is 0.390 e. The van der Waals surface area contributed by atoms with E-state index < -0.39 is 5.60 Å². The van der Waals surface area contributed by atoms with Crippen LogP contribution >= 0.6 is 11.3 Å². The minimum atomic E-state index is -0.485. The second kappa shape index (κ2) is 6.33. The minimum absolute atomic E-state index is 0.485. The highest BCUT2D eigenvalue weighted by molar-refractivity contribution is 7.12. The van der Waals surface area contributed by atoms with Gasteiger partial charge in [0.2, 0.25) is 0 Å². The van der Waals surface area contributed by atoms with Crippen LogP contribution in [0.3, 0.4) is 0 Å². The van der Waals surface area contributed by atoms with Gasteiger partial charge < -0.3 is 5.11 Å². The van der Waals surface area contributed by atoms with Crippen LogP contribution in [0.5, 0.6) is 0 Å². The van der Waals surface area contributed by atoms with Crippen LogP contribution in [-0.4, -0.2) is 10.7 Å². The monoisotopic (exact) mass is 300 g/mol. The maximum atomic E-state index is 10.9. The molecule has 0 aliphatic heterocycles. The number of thiophene rings is 1. The summed E-state index contributed by atoms with van der Waals surface area (Å²) in [6, 6.07) is 15.2. The maximum Gasteiger partial charge on any atom is 0.0696 e. The molecule has 112 valence electrons. The van der Waals surface area contributed by atoms with Crippen molar-refractivity contribution in [2.24, 2.45) is 0 Å². The zero-order chi connectivity index (χ0) is 14.7. The number of benzene rings is 1. The first-order valence-corrected chi connectivity index (χ1v) is 8.85. The number of hydrogen-bond acceptors (Lipinski definition) is 2. The summed E-state index contributed by atoms with van der Waals surface area (Å²) >= 11 is 1.86. The third-order valence-electron chi connectivity index (χ3n) is 4.76. The molecule has 0 spiro atoms. The van der Waals surface area contributed by atoms with E-state index in [1.54, 1.807) is 0 Å². The van der Waals surface area contributed by atoms with Gasteiger partial charge in [-0.3, -0.25) is 0 Å². The van der Waals surface area contributed by atoms with E-state index in [2.05, 4.69) is 49.4 Å². The molecule has 0 unspecified atom stereocenters. The number of aliphatic hydroxyl groups is 1. The lowest BCUT2D eigenvalue weighted by Gasteiger charge is -2.36. The molecule has 1 nitrogen and oxygen atoms in total. The summed E-state index contributed by atoms with van der Waals surface area (Å²) in [4.78, 5) is 2.76. The van der Waals surface area contributed by atoms with Crippen molar-refractivity contribution in [3.05, 3.63) is 57.8 Å². The molecule has 0 radical (unpaired) electrons. The molecular weight excluding hydrogens is 276 g/mol. The van der Waals surface area contributed by atoms with Crippen LogP contribution in [0, 0.1) is 0 Å². The lowest BCUT2D eigenvalue weighted by Crippen LogP contribution is -2.35. The van der Waals surface area contributed by atoms with Crippen LogP contribution < -0.4 is 0 Å². The summed E-state index contributed by atoms with van der Waals surface area (Å²) in [7, 11) is 0. The van der Waals surface area contributed by atoms with Gasteiger partial charge in [-0.15, -0.1) is 11.3 Å². The molecule has 1 fully saturated rings. The average Bonchev–Trinajstić information content (AvgIpc) is 2.96. The zero-order valence-electron chi connectivity index (χ0n) is 12.7. The van der Waals surface area contributed by atoms with Crippen LogP contribution in [0.25, 0.3) is 0 Å². The first kappa shape index (κ1) is 14.8. The van der Waals surface area contributed by atoms with Crippen molar-refractivity contribution < 1.29 is 5.11 Å². The van der Waals surface area contributed by atoms with Crippen molar-refractivity contribution in [1.82, 2.24) is 0 Å². The molecule has 3 rings (SSSR count). The van der Waals surface area contributed by atoms with Crippen molar-refractivity contribution in [3.63, 3.8) is 0 Å². The zero-order valence-corrected chi connectivity index (χ0v) is 13.5. The fourth-order valence-corrected chi connectivity index (χ4v) is 4.52. The molecule has 0 atom stereocenters. The Balaban J connectivity index is 1.61. The summed E-state index contributed by atoms with van der Waals surface area (Å²) in [5.41, 5.74) is 0.949. The van der Waals surface area contributed by atoms with E-state index in [0.717, 1.165) is 38.5 Å². The van der Waals surface area contributed by atoms with Gasteiger partial charge in [-0.2, -0.15) is 0 Å². The third-order valence-corrected chi connectivity index (χ3v) is 5.99. The van der Waals surface area contributed by atoms with E-state index in [0.29, 0.717) is 5.92 Å². The van der Waals surface area contributed by atoms with E-state index >= 15 is 0 Å². The first-order valence-electron chi connectivity index (χ1n) is 8.03. The van der Waals surface area contributed by atoms with E-state index in [4.69, 9.17) is 0 Å². The van der Waals surface area contributed by atoms with Gasteiger partial charge in [0.1, 0.15) is 0 Å². The number of aryl methyl sites for hydroxylation is 1. The molecular formula is C19H24OS. The Labute approximate surface area is 131 Å². The predicted molar refractivity (Wildman–Crippen MR) is 90.0 cm³/mol. The number of hydrogen-bond donors (Lipinski definition) is 1. The number of rotatable bonds is 4. The molecule has 0 amide bonds. The maximum absolute atomic E-state index is 10.9. The molecule has 0 saturated heterocycles. The molecule has 1 N–H and O–H groups in total. The lowest BCUT2D eigenvalue weighted by atomic mass is 9.74. The SMILES string of the molecule is CCc1ccc(CC2(O)CCC(c3ccccc3)CC2)s1. The van der Waals surface area contributed by atoms with Crippen molar-refractivity contribution in [2.75, 3.05) is 0 Å². The van der Waals surface area contributed by atoms with Gasteiger partial charge in [0.25, 0.3) is 0 Å². The highest BCUT2D eigenvalue weighted by Crippen LogP contribution is 2.40. The Hall–Kier alpha value is -1.12. The van der Waals surface area contributed by atoms with E-state index in [9.17, 15) is 5.11 Å². The van der Waals surface area contributed by atoms with Crippen LogP contribution in [0.15, 0.2) is 42.5 Å². The van der Waals surface area contributed by atoms with Gasteiger partial charge in [-0.25, -0.2) is 0 Å². The highest BCUT2D eigenvalue weighted by Gasteiger charge is 2.34. The minimum Gasteiger partial charge on any atom is -0.390 e. The quantitative estimate of drug-likeness (QED) is 0.847. The standard InChI is InChI=1S/C19H24OS/c1-2-17-8-9-18(21-17)14-19(20)12-10-16(11-13-19)15-6-4-3-5-7-15/h3-9,16,20H,2,10-14H2,1H3. The van der Waals surface area contributed by atoms with Crippen LogP contribution in [0.2, 0.25) is 0 Å². The molecule has 21 heavy (non-hydrogen) atoms. The second-order valence-electron chi connectivity index (χ2n) is 6.31. The molecule has 1 aliphatic rings. The van der Waals surface area contributed by atoms with E-state index in [1.807, 2.05) is 11.3 Å². The Kier molecular flexibility index (Phi) is 4.46. The van der Waals surface area contributed by atoms with Crippen molar-refractivity contribution in [2.45, 2.75) is 57.0 Å². The topological polar surface area (TPSA) is 20.2 Å². The van der Waals surface area contributed by atoms with Gasteiger partial charge in [0, 0.05) is 16.2 Å². The summed E-state index contributed by atoms with van der Waals surface area (Å²) < 4.78 is 0. The normalized spacial score (nSPS) is 25.9. The highest BCUT2D eigenvalue weighted by atomic mass is 32.1. The lowest BCUT2D eigenvalue weighted by molar-refractivity contribution is 0.000224. The van der Waals surface area contributed by atoms with Gasteiger partial charge in [0.15, 0.2) is 0 Å². The van der Waals surface area contributed by atoms with Crippen LogP contribution in [-0.2, 0) is 12.8 Å². The van der Waals surface area contributed by atoms with Crippen molar-refractivity contribution in [3.8, 4) is 0 Å². The summed E-state index contributed by atoms with van der Waals surface area (Å²) in [6.45, 7) is 2.19. The van der Waals surface area contributed by atoms with Crippen molar-refractivity contribution in [1.29, 1.82) is 0 Å². The Morgan fingerprint density at radius 2 is 1.71 bits per heavy atom. The molecule has 2 heteroatoms. The molecule has 1 aliphatic carbocycles. The first-order chi connectivity index (χ1) is 10.2. The van der Waals surface area contributed by atoms with Gasteiger partial charge >= 0.3 is 0 Å². The van der Waals surface area contributed by atoms with Crippen LogP contribution in [0.4, 0.5) is 0 Å². The second-order valence-corrected chi connectivity index (χ2v) is 7.56. The fourth-order valence-electron chi connectivity index (χ4n) is 3.42. The summed E-state index contributed by atoms with van der Waals surface area (Å²) in [5.74, 6) is 0.626. The smallest absolute Gasteiger partial charge is 0.0696 e. The molecule has 0 bridgehead atoms. The predicted octanol–water partition coefficient (Wildman–Crippen LogP) is 4.94. The van der Waals surface area contributed by atoms with Gasteiger partial charge in [-0.05, 0) is 55.7 Å². The fraction of sp³-hybridized carbons (Fsp3) is 0.474. The van der Waals surface area contributed by atoms with E-state index in [1.165, 1.54) is 15.3 Å². The van der Waals surface area contributed by atoms with Crippen LogP contribution in [0.1, 0.15) is 53.8 Å². The molecule has 1 heterocycles. The molecule has 2 aromatic rings. The van der Waals surface area contributed by atoms with Gasteiger partial charge in [0.05, 0.1) is 5.60 Å². The average molecular weight is 300 g/mol. The molecule has 1 saturated carbocycles. The van der Waals surface area contributed by atoms with E-state index in [-0.39, 0.29) is 0 Å².